The van der Waals surface area contributed by atoms with E-state index in [2.05, 4.69) is 80.7 Å². The van der Waals surface area contributed by atoms with Gasteiger partial charge in [0.05, 0.1) is 12.2 Å². The molecule has 1 aromatic carbocycles. The van der Waals surface area contributed by atoms with Gasteiger partial charge in [0, 0.05) is 65.1 Å². The first kappa shape index (κ1) is 23.6. The Hall–Kier alpha value is -1.65. The molecule has 1 atom stereocenters. The van der Waals surface area contributed by atoms with E-state index in [9.17, 15) is 0 Å². The van der Waals surface area contributed by atoms with Gasteiger partial charge in [0.1, 0.15) is 0 Å². The first-order valence-electron chi connectivity index (χ1n) is 9.93. The fourth-order valence-corrected chi connectivity index (χ4v) is 3.69. The molecule has 7 nitrogen and oxygen atoms in total. The number of likely N-dealkylation sites (N-methyl/N-ethyl adjacent to an activating group) is 1. The van der Waals surface area contributed by atoms with Crippen LogP contribution in [-0.4, -0.2) is 84.3 Å². The second-order valence-electron chi connectivity index (χ2n) is 7.60. The largest absolute Gasteiger partial charge is 0.354 e. The molecule has 0 amide bonds. The highest BCUT2D eigenvalue weighted by molar-refractivity contribution is 14.0. The fraction of sp³-hybridized carbons (Fsp3) is 0.524. The SMILES string of the molecule is CN=C(NCC(c1cnn(C)c1)N(C)C)N1CCN(Cc2ccccc2)CC1.I. The highest BCUT2D eigenvalue weighted by atomic mass is 127. The fourth-order valence-electron chi connectivity index (χ4n) is 3.69. The predicted molar refractivity (Wildman–Crippen MR) is 130 cm³/mol. The number of hydrogen-bond acceptors (Lipinski definition) is 4. The van der Waals surface area contributed by atoms with Crippen LogP contribution in [-0.2, 0) is 13.6 Å². The van der Waals surface area contributed by atoms with Gasteiger partial charge in [-0.25, -0.2) is 0 Å². The monoisotopic (exact) mass is 511 g/mol. The van der Waals surface area contributed by atoms with Gasteiger partial charge in [0.2, 0.25) is 0 Å². The van der Waals surface area contributed by atoms with Crippen molar-refractivity contribution in [2.75, 3.05) is 53.9 Å². The quantitative estimate of drug-likeness (QED) is 0.366. The first-order chi connectivity index (χ1) is 13.6. The van der Waals surface area contributed by atoms with Crippen molar-refractivity contribution in [3.05, 3.63) is 53.9 Å². The van der Waals surface area contributed by atoms with Crippen LogP contribution in [0.4, 0.5) is 0 Å². The molecule has 0 radical (unpaired) electrons. The van der Waals surface area contributed by atoms with Gasteiger partial charge in [-0.3, -0.25) is 14.6 Å². The zero-order valence-electron chi connectivity index (χ0n) is 18.0. The predicted octanol–water partition coefficient (Wildman–Crippen LogP) is 2.03. The number of guanidine groups is 1. The topological polar surface area (TPSA) is 51.9 Å². The molecule has 2 heterocycles. The molecule has 160 valence electrons. The lowest BCUT2D eigenvalue weighted by Gasteiger charge is -2.37. The molecule has 1 N–H and O–H groups in total. The van der Waals surface area contributed by atoms with Gasteiger partial charge in [-0.15, -0.1) is 24.0 Å². The number of halogens is 1. The van der Waals surface area contributed by atoms with Crippen LogP contribution in [0.1, 0.15) is 17.2 Å². The number of aryl methyl sites for hydroxylation is 1. The van der Waals surface area contributed by atoms with Crippen molar-refractivity contribution in [2.24, 2.45) is 12.0 Å². The minimum absolute atomic E-state index is 0. The summed E-state index contributed by atoms with van der Waals surface area (Å²) < 4.78 is 1.85. The summed E-state index contributed by atoms with van der Waals surface area (Å²) in [6.07, 6.45) is 4.02. The maximum absolute atomic E-state index is 4.52. The number of benzene rings is 1. The smallest absolute Gasteiger partial charge is 0.193 e. The van der Waals surface area contributed by atoms with Crippen LogP contribution in [0.2, 0.25) is 0 Å². The van der Waals surface area contributed by atoms with Gasteiger partial charge < -0.3 is 15.1 Å². The Labute approximate surface area is 191 Å². The molecule has 0 spiro atoms. The Balaban J connectivity index is 0.00000300. The third-order valence-corrected chi connectivity index (χ3v) is 5.32. The third-order valence-electron chi connectivity index (χ3n) is 5.32. The summed E-state index contributed by atoms with van der Waals surface area (Å²) in [4.78, 5) is 11.6. The van der Waals surface area contributed by atoms with E-state index < -0.39 is 0 Å². The Bertz CT molecular complexity index is 751. The molecule has 1 saturated heterocycles. The summed E-state index contributed by atoms with van der Waals surface area (Å²) in [6, 6.07) is 11.0. The molecule has 1 fully saturated rings. The Kier molecular flexibility index (Phi) is 9.38. The lowest BCUT2D eigenvalue weighted by Crippen LogP contribution is -2.53. The molecule has 0 bridgehead atoms. The highest BCUT2D eigenvalue weighted by Crippen LogP contribution is 2.16. The number of piperazine rings is 1. The molecular weight excluding hydrogens is 477 g/mol. The van der Waals surface area contributed by atoms with Crippen molar-refractivity contribution in [3.8, 4) is 0 Å². The summed E-state index contributed by atoms with van der Waals surface area (Å²) in [5.74, 6) is 0.982. The lowest BCUT2D eigenvalue weighted by molar-refractivity contribution is 0.171. The standard InChI is InChI=1S/C21H33N7.HI/c1-22-21(23-15-20(25(2)3)19-14-24-26(4)17-19)28-12-10-27(11-13-28)16-18-8-6-5-7-9-18;/h5-9,14,17,20H,10-13,15-16H2,1-4H3,(H,22,23);1H. The summed E-state index contributed by atoms with van der Waals surface area (Å²) >= 11 is 0. The van der Waals surface area contributed by atoms with Crippen LogP contribution in [0.3, 0.4) is 0 Å². The van der Waals surface area contributed by atoms with E-state index in [-0.39, 0.29) is 30.0 Å². The number of nitrogens with one attached hydrogen (secondary N) is 1. The molecule has 3 rings (SSSR count). The van der Waals surface area contributed by atoms with Gasteiger partial charge in [-0.2, -0.15) is 5.10 Å². The van der Waals surface area contributed by atoms with Gasteiger partial charge in [-0.05, 0) is 19.7 Å². The van der Waals surface area contributed by atoms with Crippen molar-refractivity contribution in [1.29, 1.82) is 0 Å². The van der Waals surface area contributed by atoms with Crippen molar-refractivity contribution in [3.63, 3.8) is 0 Å². The zero-order valence-corrected chi connectivity index (χ0v) is 20.3. The maximum atomic E-state index is 4.52. The molecule has 29 heavy (non-hydrogen) atoms. The summed E-state index contributed by atoms with van der Waals surface area (Å²) in [5.41, 5.74) is 2.59. The van der Waals surface area contributed by atoms with E-state index in [1.54, 1.807) is 0 Å². The van der Waals surface area contributed by atoms with Crippen LogP contribution >= 0.6 is 24.0 Å². The first-order valence-corrected chi connectivity index (χ1v) is 9.93. The van der Waals surface area contributed by atoms with Crippen LogP contribution in [0.15, 0.2) is 47.7 Å². The molecule has 1 aliphatic rings. The minimum Gasteiger partial charge on any atom is -0.354 e. The zero-order chi connectivity index (χ0) is 19.9. The molecule has 2 aromatic rings. The number of hydrogen-bond donors (Lipinski definition) is 1. The molecule has 0 saturated carbocycles. The van der Waals surface area contributed by atoms with E-state index in [0.717, 1.165) is 45.2 Å². The molecule has 0 aliphatic carbocycles. The van der Waals surface area contributed by atoms with Crippen molar-refractivity contribution in [1.82, 2.24) is 29.8 Å². The van der Waals surface area contributed by atoms with E-state index >= 15 is 0 Å². The molecule has 1 aliphatic heterocycles. The summed E-state index contributed by atoms with van der Waals surface area (Å²) in [7, 11) is 8.03. The average Bonchev–Trinajstić information content (AvgIpc) is 3.12. The van der Waals surface area contributed by atoms with E-state index in [4.69, 9.17) is 0 Å². The minimum atomic E-state index is 0. The number of nitrogens with zero attached hydrogens (tertiary/aromatic N) is 6. The van der Waals surface area contributed by atoms with Crippen LogP contribution in [0.25, 0.3) is 0 Å². The number of aromatic nitrogens is 2. The van der Waals surface area contributed by atoms with E-state index in [0.29, 0.717) is 0 Å². The second kappa shape index (κ2) is 11.5. The molecule has 1 aromatic heterocycles. The van der Waals surface area contributed by atoms with Crippen LogP contribution in [0, 0.1) is 0 Å². The Morgan fingerprint density at radius 2 is 1.86 bits per heavy atom. The summed E-state index contributed by atoms with van der Waals surface area (Å²) in [6.45, 7) is 5.91. The van der Waals surface area contributed by atoms with Gasteiger partial charge >= 0.3 is 0 Å². The molecular formula is C21H34IN7. The Morgan fingerprint density at radius 3 is 2.41 bits per heavy atom. The van der Waals surface area contributed by atoms with Crippen molar-refractivity contribution >= 4 is 29.9 Å². The highest BCUT2D eigenvalue weighted by Gasteiger charge is 2.22. The van der Waals surface area contributed by atoms with Gasteiger partial charge in [0.25, 0.3) is 0 Å². The summed E-state index contributed by atoms with van der Waals surface area (Å²) in [5, 5.41) is 7.89. The molecule has 1 unspecified atom stereocenters. The third kappa shape index (κ3) is 6.68. The van der Waals surface area contributed by atoms with Gasteiger partial charge in [0.15, 0.2) is 5.96 Å². The van der Waals surface area contributed by atoms with E-state index in [1.807, 2.05) is 25.0 Å². The maximum Gasteiger partial charge on any atom is 0.193 e. The van der Waals surface area contributed by atoms with Crippen LogP contribution < -0.4 is 5.32 Å². The number of rotatable bonds is 6. The van der Waals surface area contributed by atoms with Gasteiger partial charge in [-0.1, -0.05) is 30.3 Å². The molecule has 8 heteroatoms. The Morgan fingerprint density at radius 1 is 1.17 bits per heavy atom. The second-order valence-corrected chi connectivity index (χ2v) is 7.60. The van der Waals surface area contributed by atoms with Crippen LogP contribution in [0.5, 0.6) is 0 Å². The van der Waals surface area contributed by atoms with E-state index in [1.165, 1.54) is 11.1 Å². The van der Waals surface area contributed by atoms with Crippen molar-refractivity contribution in [2.45, 2.75) is 12.6 Å². The lowest BCUT2D eigenvalue weighted by atomic mass is 10.1. The van der Waals surface area contributed by atoms with Crippen molar-refractivity contribution < 1.29 is 0 Å². The average molecular weight is 511 g/mol. The normalized spacial score (nSPS) is 16.6. The number of aliphatic imine (C=N–C) groups is 1.